The second kappa shape index (κ2) is 8.93. The van der Waals surface area contributed by atoms with Gasteiger partial charge in [-0.3, -0.25) is 9.59 Å². The molecule has 31 heavy (non-hydrogen) atoms. The number of aromatic nitrogens is 3. The second-order valence-corrected chi connectivity index (χ2v) is 8.54. The summed E-state index contributed by atoms with van der Waals surface area (Å²) in [6, 6.07) is 5.32. The van der Waals surface area contributed by atoms with E-state index >= 15 is 0 Å². The molecule has 0 unspecified atom stereocenters. The van der Waals surface area contributed by atoms with Crippen molar-refractivity contribution in [1.82, 2.24) is 19.9 Å². The van der Waals surface area contributed by atoms with E-state index in [9.17, 15) is 9.59 Å². The molecule has 1 fully saturated rings. The van der Waals surface area contributed by atoms with Gasteiger partial charge in [-0.1, -0.05) is 18.3 Å². The van der Waals surface area contributed by atoms with Crippen LogP contribution in [-0.2, 0) is 6.54 Å². The van der Waals surface area contributed by atoms with Gasteiger partial charge < -0.3 is 19.7 Å². The van der Waals surface area contributed by atoms with Crippen molar-refractivity contribution in [3.05, 3.63) is 45.9 Å². The standard InChI is InChI=1S/C21H25N5O4S/c1-13-5-4-8-25(12-13)21-24-26-19(28)16(11-23-20(26)31-21)18(27)22-10-14-6-7-15(29-2)9-17(14)30-3/h6-7,9,11,13H,4-5,8,10,12H2,1-3H3,(H,22,27)/t13-/m1/s1. The minimum absolute atomic E-state index is 0.0474. The molecule has 3 heterocycles. The van der Waals surface area contributed by atoms with E-state index in [2.05, 4.69) is 27.2 Å². The smallest absolute Gasteiger partial charge is 0.288 e. The fraction of sp³-hybridized carbons (Fsp3) is 0.429. The lowest BCUT2D eigenvalue weighted by Crippen LogP contribution is -2.34. The van der Waals surface area contributed by atoms with Crippen LogP contribution in [0.3, 0.4) is 0 Å². The molecule has 0 aliphatic carbocycles. The summed E-state index contributed by atoms with van der Waals surface area (Å²) in [4.78, 5) is 32.5. The number of rotatable bonds is 6. The maximum atomic E-state index is 12.9. The fourth-order valence-electron chi connectivity index (χ4n) is 3.69. The number of anilines is 1. The predicted molar refractivity (Wildman–Crippen MR) is 118 cm³/mol. The van der Waals surface area contributed by atoms with Gasteiger partial charge in [-0.25, -0.2) is 4.98 Å². The van der Waals surface area contributed by atoms with Gasteiger partial charge in [0.05, 0.1) is 14.2 Å². The van der Waals surface area contributed by atoms with E-state index in [1.165, 1.54) is 28.5 Å². The summed E-state index contributed by atoms with van der Waals surface area (Å²) < 4.78 is 11.8. The van der Waals surface area contributed by atoms with Crippen LogP contribution in [0, 0.1) is 5.92 Å². The van der Waals surface area contributed by atoms with Crippen LogP contribution in [0.1, 0.15) is 35.7 Å². The minimum atomic E-state index is -0.508. The molecule has 164 valence electrons. The number of fused-ring (bicyclic) bond motifs is 1. The SMILES string of the molecule is COc1ccc(CNC(=O)c2cnc3sc(N4CCC[C@@H](C)C4)nn3c2=O)c(OC)c1. The number of methoxy groups -OCH3 is 2. The zero-order valence-electron chi connectivity index (χ0n) is 17.8. The van der Waals surface area contributed by atoms with Gasteiger partial charge >= 0.3 is 0 Å². The molecule has 0 radical (unpaired) electrons. The number of nitrogens with one attached hydrogen (secondary N) is 1. The summed E-state index contributed by atoms with van der Waals surface area (Å²) >= 11 is 1.37. The molecule has 1 saturated heterocycles. The van der Waals surface area contributed by atoms with Crippen molar-refractivity contribution in [3.63, 3.8) is 0 Å². The lowest BCUT2D eigenvalue weighted by molar-refractivity contribution is 0.0948. The van der Waals surface area contributed by atoms with E-state index in [-0.39, 0.29) is 12.1 Å². The van der Waals surface area contributed by atoms with Gasteiger partial charge in [0, 0.05) is 37.5 Å². The molecule has 4 rings (SSSR count). The van der Waals surface area contributed by atoms with Crippen LogP contribution >= 0.6 is 11.3 Å². The maximum absolute atomic E-state index is 12.9. The molecule has 1 N–H and O–H groups in total. The third kappa shape index (κ3) is 4.34. The predicted octanol–water partition coefficient (Wildman–Crippen LogP) is 2.33. The molecule has 1 amide bonds. The van der Waals surface area contributed by atoms with Gasteiger partial charge in [0.15, 0.2) is 0 Å². The summed E-state index contributed by atoms with van der Waals surface area (Å²) in [5.41, 5.74) is 0.242. The first-order chi connectivity index (χ1) is 15.0. The first kappa shape index (κ1) is 21.1. The molecular formula is C21H25N5O4S. The number of hydrogen-bond donors (Lipinski definition) is 1. The summed E-state index contributed by atoms with van der Waals surface area (Å²) in [5.74, 6) is 1.32. The van der Waals surface area contributed by atoms with Crippen LogP contribution in [0.5, 0.6) is 11.5 Å². The van der Waals surface area contributed by atoms with E-state index in [4.69, 9.17) is 9.47 Å². The van der Waals surface area contributed by atoms with Crippen molar-refractivity contribution in [2.45, 2.75) is 26.3 Å². The molecular weight excluding hydrogens is 418 g/mol. The highest BCUT2D eigenvalue weighted by Gasteiger charge is 2.22. The van der Waals surface area contributed by atoms with Crippen molar-refractivity contribution in [3.8, 4) is 11.5 Å². The van der Waals surface area contributed by atoms with Crippen LogP contribution in [0.15, 0.2) is 29.2 Å². The number of ether oxygens (including phenoxy) is 2. The monoisotopic (exact) mass is 443 g/mol. The Balaban J connectivity index is 1.53. The Hall–Kier alpha value is -3.14. The second-order valence-electron chi connectivity index (χ2n) is 7.61. The number of benzene rings is 1. The first-order valence-electron chi connectivity index (χ1n) is 10.1. The zero-order chi connectivity index (χ0) is 22.0. The lowest BCUT2D eigenvalue weighted by atomic mass is 10.0. The van der Waals surface area contributed by atoms with Gasteiger partial charge in [-0.15, -0.1) is 5.10 Å². The van der Waals surface area contributed by atoms with E-state index in [1.54, 1.807) is 32.4 Å². The van der Waals surface area contributed by atoms with Crippen LogP contribution < -0.4 is 25.2 Å². The Morgan fingerprint density at radius 1 is 1.32 bits per heavy atom. The van der Waals surface area contributed by atoms with Gasteiger partial charge in [0.2, 0.25) is 10.1 Å². The molecule has 2 aromatic heterocycles. The lowest BCUT2D eigenvalue weighted by Gasteiger charge is -2.30. The van der Waals surface area contributed by atoms with Crippen molar-refractivity contribution in [2.75, 3.05) is 32.2 Å². The van der Waals surface area contributed by atoms with Crippen molar-refractivity contribution < 1.29 is 14.3 Å². The number of nitrogens with zero attached hydrogens (tertiary/aromatic N) is 4. The number of amides is 1. The van der Waals surface area contributed by atoms with Gasteiger partial charge in [0.1, 0.15) is 17.1 Å². The van der Waals surface area contributed by atoms with Gasteiger partial charge in [-0.2, -0.15) is 4.52 Å². The highest BCUT2D eigenvalue weighted by molar-refractivity contribution is 7.20. The Labute approximate surface area is 183 Å². The quantitative estimate of drug-likeness (QED) is 0.624. The first-order valence-corrected chi connectivity index (χ1v) is 10.9. The fourth-order valence-corrected chi connectivity index (χ4v) is 4.59. The highest BCUT2D eigenvalue weighted by atomic mass is 32.1. The minimum Gasteiger partial charge on any atom is -0.497 e. The Morgan fingerprint density at radius 3 is 2.90 bits per heavy atom. The molecule has 1 aliphatic rings. The summed E-state index contributed by atoms with van der Waals surface area (Å²) in [6.45, 7) is 4.23. The van der Waals surface area contributed by atoms with E-state index < -0.39 is 11.5 Å². The van der Waals surface area contributed by atoms with Crippen LogP contribution in [0.4, 0.5) is 5.13 Å². The van der Waals surface area contributed by atoms with Crippen molar-refractivity contribution in [2.24, 2.45) is 5.92 Å². The Morgan fingerprint density at radius 2 is 2.16 bits per heavy atom. The average molecular weight is 444 g/mol. The van der Waals surface area contributed by atoms with Crippen molar-refractivity contribution in [1.29, 1.82) is 0 Å². The van der Waals surface area contributed by atoms with E-state index in [0.717, 1.165) is 30.2 Å². The number of carbonyl (C=O) groups is 1. The summed E-state index contributed by atoms with van der Waals surface area (Å²) in [7, 11) is 3.12. The molecule has 3 aromatic rings. The third-order valence-electron chi connectivity index (χ3n) is 5.38. The average Bonchev–Trinajstić information content (AvgIpc) is 3.23. The summed E-state index contributed by atoms with van der Waals surface area (Å²) in [6.07, 6.45) is 3.61. The van der Waals surface area contributed by atoms with E-state index in [0.29, 0.717) is 22.4 Å². The Bertz CT molecular complexity index is 1160. The molecule has 1 atom stereocenters. The molecule has 1 aromatic carbocycles. The maximum Gasteiger partial charge on any atom is 0.288 e. The number of hydrogen-bond acceptors (Lipinski definition) is 8. The Kier molecular flexibility index (Phi) is 6.08. The number of carbonyl (C=O) groups excluding carboxylic acids is 1. The van der Waals surface area contributed by atoms with Crippen LogP contribution in [0.25, 0.3) is 4.96 Å². The molecule has 9 nitrogen and oxygen atoms in total. The largest absolute Gasteiger partial charge is 0.497 e. The van der Waals surface area contributed by atoms with Crippen molar-refractivity contribution >= 4 is 27.3 Å². The normalized spacial score (nSPS) is 16.4. The topological polar surface area (TPSA) is 98.1 Å². The van der Waals surface area contributed by atoms with Crippen LogP contribution in [0.2, 0.25) is 0 Å². The molecule has 0 saturated carbocycles. The number of piperidine rings is 1. The van der Waals surface area contributed by atoms with Gasteiger partial charge in [0.25, 0.3) is 11.5 Å². The molecule has 10 heteroatoms. The molecule has 0 spiro atoms. The zero-order valence-corrected chi connectivity index (χ0v) is 18.6. The summed E-state index contributed by atoms with van der Waals surface area (Å²) in [5, 5.41) is 7.97. The van der Waals surface area contributed by atoms with Crippen LogP contribution in [-0.4, -0.2) is 47.8 Å². The highest BCUT2D eigenvalue weighted by Crippen LogP contribution is 2.27. The van der Waals surface area contributed by atoms with Gasteiger partial charge in [-0.05, 0) is 30.9 Å². The molecule has 0 bridgehead atoms. The molecule has 1 aliphatic heterocycles. The van der Waals surface area contributed by atoms with E-state index in [1.807, 2.05) is 0 Å². The third-order valence-corrected chi connectivity index (χ3v) is 6.37.